The molecule has 1 fully saturated rings. The zero-order valence-corrected chi connectivity index (χ0v) is 17.4. The molecule has 2 heterocycles. The molecule has 0 radical (unpaired) electrons. The zero-order valence-electron chi connectivity index (χ0n) is 17.4. The van der Waals surface area contributed by atoms with Crippen molar-refractivity contribution in [2.45, 2.75) is 32.2 Å². The van der Waals surface area contributed by atoms with Crippen LogP contribution in [0.2, 0.25) is 0 Å². The molecule has 2 aromatic rings. The van der Waals surface area contributed by atoms with Crippen LogP contribution in [0.3, 0.4) is 0 Å². The van der Waals surface area contributed by atoms with Gasteiger partial charge in [0.15, 0.2) is 6.61 Å². The molecule has 8 nitrogen and oxygen atoms in total. The minimum absolute atomic E-state index is 0.0758. The number of benzene rings is 2. The molecule has 8 heteroatoms. The first kappa shape index (κ1) is 20.7. The Balaban J connectivity index is 1.31. The van der Waals surface area contributed by atoms with Crippen LogP contribution in [-0.2, 0) is 9.59 Å². The fourth-order valence-electron chi connectivity index (χ4n) is 3.82. The van der Waals surface area contributed by atoms with E-state index >= 15 is 0 Å². The normalized spacial score (nSPS) is 16.0. The van der Waals surface area contributed by atoms with Crippen LogP contribution in [0.1, 0.15) is 36.5 Å². The Labute approximate surface area is 180 Å². The van der Waals surface area contributed by atoms with Crippen LogP contribution in [0.25, 0.3) is 0 Å². The maximum absolute atomic E-state index is 12.5. The summed E-state index contributed by atoms with van der Waals surface area (Å²) in [5.41, 5.74) is 2.81. The molecule has 2 aliphatic heterocycles. The predicted molar refractivity (Wildman–Crippen MR) is 119 cm³/mol. The van der Waals surface area contributed by atoms with Crippen molar-refractivity contribution in [1.29, 1.82) is 0 Å². The highest BCUT2D eigenvalue weighted by Crippen LogP contribution is 2.28. The van der Waals surface area contributed by atoms with Crippen molar-refractivity contribution in [2.75, 3.05) is 35.2 Å². The van der Waals surface area contributed by atoms with Gasteiger partial charge in [-0.3, -0.25) is 14.4 Å². The largest absolute Gasteiger partial charge is 0.482 e. The zero-order chi connectivity index (χ0) is 21.8. The van der Waals surface area contributed by atoms with E-state index in [0.29, 0.717) is 17.0 Å². The van der Waals surface area contributed by atoms with Gasteiger partial charge in [-0.25, -0.2) is 0 Å². The van der Waals surface area contributed by atoms with Gasteiger partial charge in [-0.15, -0.1) is 0 Å². The number of hydrogen-bond donors (Lipinski definition) is 3. The van der Waals surface area contributed by atoms with Gasteiger partial charge >= 0.3 is 0 Å². The van der Waals surface area contributed by atoms with E-state index in [-0.39, 0.29) is 36.8 Å². The van der Waals surface area contributed by atoms with Gasteiger partial charge in [-0.05, 0) is 56.2 Å². The molecule has 1 saturated heterocycles. The van der Waals surface area contributed by atoms with Crippen molar-refractivity contribution in [2.24, 2.45) is 0 Å². The van der Waals surface area contributed by atoms with Crippen LogP contribution in [0.4, 0.5) is 17.1 Å². The number of ether oxygens (including phenoxy) is 1. The van der Waals surface area contributed by atoms with Crippen LogP contribution in [0.15, 0.2) is 42.5 Å². The summed E-state index contributed by atoms with van der Waals surface area (Å²) in [7, 11) is 0. The molecule has 1 atom stereocenters. The number of fused-ring (bicyclic) bond motifs is 1. The number of nitrogens with one attached hydrogen (secondary N) is 3. The molecule has 1 unspecified atom stereocenters. The summed E-state index contributed by atoms with van der Waals surface area (Å²) in [6, 6.07) is 12.3. The SMILES string of the molecule is CC(CC(=O)Nc1cccc(N2CCCC2)c1)NC(=O)c1ccc2c(c1)OCC(=O)N2. The van der Waals surface area contributed by atoms with Gasteiger partial charge in [-0.1, -0.05) is 6.07 Å². The Morgan fingerprint density at radius 1 is 1.16 bits per heavy atom. The van der Waals surface area contributed by atoms with Crippen LogP contribution >= 0.6 is 0 Å². The van der Waals surface area contributed by atoms with E-state index in [9.17, 15) is 14.4 Å². The topological polar surface area (TPSA) is 99.8 Å². The number of rotatable bonds is 6. The quantitative estimate of drug-likeness (QED) is 0.665. The highest BCUT2D eigenvalue weighted by Gasteiger charge is 2.19. The molecule has 3 N–H and O–H groups in total. The van der Waals surface area contributed by atoms with Crippen molar-refractivity contribution in [3.63, 3.8) is 0 Å². The molecule has 4 rings (SSSR count). The molecule has 2 aliphatic rings. The third-order valence-electron chi connectivity index (χ3n) is 5.35. The van der Waals surface area contributed by atoms with Gasteiger partial charge in [0.2, 0.25) is 5.91 Å². The van der Waals surface area contributed by atoms with Gasteiger partial charge in [0.05, 0.1) is 5.69 Å². The number of amides is 3. The summed E-state index contributed by atoms with van der Waals surface area (Å²) >= 11 is 0. The minimum Gasteiger partial charge on any atom is -0.482 e. The van der Waals surface area contributed by atoms with E-state index in [1.165, 1.54) is 12.8 Å². The standard InChI is InChI=1S/C23H26N4O4/c1-15(24-23(30)16-7-8-19-20(12-16)31-14-22(29)26-19)11-21(28)25-17-5-4-6-18(13-17)27-9-2-3-10-27/h4-8,12-13,15H,2-3,9-11,14H2,1H3,(H,24,30)(H,25,28)(H,26,29). The van der Waals surface area contributed by atoms with Crippen LogP contribution in [-0.4, -0.2) is 43.5 Å². The van der Waals surface area contributed by atoms with E-state index in [4.69, 9.17) is 4.74 Å². The van der Waals surface area contributed by atoms with Gasteiger partial charge in [0, 0.05) is 42.5 Å². The summed E-state index contributed by atoms with van der Waals surface area (Å²) in [5.74, 6) is -0.242. The molecule has 0 spiro atoms. The Morgan fingerprint density at radius 2 is 1.97 bits per heavy atom. The molecule has 31 heavy (non-hydrogen) atoms. The Kier molecular flexibility index (Phi) is 6.06. The average Bonchev–Trinajstić information content (AvgIpc) is 3.28. The number of carbonyl (C=O) groups is 3. The lowest BCUT2D eigenvalue weighted by molar-refractivity contribution is -0.118. The Morgan fingerprint density at radius 3 is 2.77 bits per heavy atom. The first-order valence-corrected chi connectivity index (χ1v) is 10.5. The molecule has 2 aromatic carbocycles. The van der Waals surface area contributed by atoms with E-state index in [2.05, 4.69) is 26.9 Å². The lowest BCUT2D eigenvalue weighted by atomic mass is 10.1. The summed E-state index contributed by atoms with van der Waals surface area (Å²) in [6.45, 7) is 3.79. The summed E-state index contributed by atoms with van der Waals surface area (Å²) < 4.78 is 5.35. The third kappa shape index (κ3) is 5.14. The maximum atomic E-state index is 12.5. The van der Waals surface area contributed by atoms with Crippen molar-refractivity contribution >= 4 is 34.8 Å². The van der Waals surface area contributed by atoms with Gasteiger partial charge in [0.1, 0.15) is 5.75 Å². The summed E-state index contributed by atoms with van der Waals surface area (Å²) in [4.78, 5) is 38.7. The van der Waals surface area contributed by atoms with E-state index in [1.807, 2.05) is 18.2 Å². The molecule has 0 bridgehead atoms. The van der Waals surface area contributed by atoms with Crippen LogP contribution in [0, 0.1) is 0 Å². The predicted octanol–water partition coefficient (Wildman–Crippen LogP) is 2.76. The lowest BCUT2D eigenvalue weighted by Gasteiger charge is -2.19. The van der Waals surface area contributed by atoms with E-state index < -0.39 is 0 Å². The molecule has 162 valence electrons. The number of carbonyl (C=O) groups excluding carboxylic acids is 3. The Hall–Kier alpha value is -3.55. The monoisotopic (exact) mass is 422 g/mol. The van der Waals surface area contributed by atoms with Gasteiger partial charge in [0.25, 0.3) is 11.8 Å². The van der Waals surface area contributed by atoms with Crippen molar-refractivity contribution < 1.29 is 19.1 Å². The number of anilines is 3. The summed E-state index contributed by atoms with van der Waals surface area (Å²) in [5, 5.41) is 8.44. The second-order valence-electron chi connectivity index (χ2n) is 7.92. The van der Waals surface area contributed by atoms with E-state index in [1.54, 1.807) is 25.1 Å². The van der Waals surface area contributed by atoms with Crippen molar-refractivity contribution in [3.05, 3.63) is 48.0 Å². The maximum Gasteiger partial charge on any atom is 0.262 e. The minimum atomic E-state index is -0.356. The van der Waals surface area contributed by atoms with Crippen LogP contribution < -0.4 is 25.6 Å². The van der Waals surface area contributed by atoms with Gasteiger partial charge < -0.3 is 25.6 Å². The smallest absolute Gasteiger partial charge is 0.262 e. The number of hydrogen-bond acceptors (Lipinski definition) is 5. The average molecular weight is 422 g/mol. The third-order valence-corrected chi connectivity index (χ3v) is 5.35. The second-order valence-corrected chi connectivity index (χ2v) is 7.92. The molecule has 0 aliphatic carbocycles. The fraction of sp³-hybridized carbons (Fsp3) is 0.348. The fourth-order valence-corrected chi connectivity index (χ4v) is 3.82. The first-order valence-electron chi connectivity index (χ1n) is 10.5. The molecule has 0 aromatic heterocycles. The van der Waals surface area contributed by atoms with Crippen molar-refractivity contribution in [1.82, 2.24) is 5.32 Å². The molecule has 0 saturated carbocycles. The highest BCUT2D eigenvalue weighted by molar-refractivity contribution is 5.99. The second kappa shape index (κ2) is 9.07. The van der Waals surface area contributed by atoms with Crippen molar-refractivity contribution in [3.8, 4) is 5.75 Å². The lowest BCUT2D eigenvalue weighted by Crippen LogP contribution is -2.35. The first-order chi connectivity index (χ1) is 15.0. The van der Waals surface area contributed by atoms with Crippen LogP contribution in [0.5, 0.6) is 5.75 Å². The highest BCUT2D eigenvalue weighted by atomic mass is 16.5. The summed E-state index contributed by atoms with van der Waals surface area (Å²) in [6.07, 6.45) is 2.54. The van der Waals surface area contributed by atoms with E-state index in [0.717, 1.165) is 24.5 Å². The number of nitrogens with zero attached hydrogens (tertiary/aromatic N) is 1. The molecular weight excluding hydrogens is 396 g/mol. The van der Waals surface area contributed by atoms with Gasteiger partial charge in [-0.2, -0.15) is 0 Å². The molecule has 3 amide bonds. The molecular formula is C23H26N4O4. The Bertz CT molecular complexity index is 1000.